The highest BCUT2D eigenvalue weighted by molar-refractivity contribution is 5.96. The highest BCUT2D eigenvalue weighted by Gasteiger charge is 2.18. The van der Waals surface area contributed by atoms with E-state index in [4.69, 9.17) is 18.9 Å². The largest absolute Gasteiger partial charge is 0.513 e. The van der Waals surface area contributed by atoms with Crippen LogP contribution in [0.25, 0.3) is 10.8 Å². The highest BCUT2D eigenvalue weighted by Crippen LogP contribution is 2.37. The average molecular weight is 543 g/mol. The summed E-state index contributed by atoms with van der Waals surface area (Å²) in [6, 6.07) is 9.06. The van der Waals surface area contributed by atoms with Gasteiger partial charge in [-0.1, -0.05) is 128 Å². The molecule has 0 aliphatic carbocycles. The van der Waals surface area contributed by atoms with Gasteiger partial charge in [-0.15, -0.1) is 0 Å². The van der Waals surface area contributed by atoms with Crippen molar-refractivity contribution in [1.29, 1.82) is 0 Å². The molecule has 0 saturated carbocycles. The van der Waals surface area contributed by atoms with Crippen molar-refractivity contribution in [2.45, 2.75) is 124 Å². The van der Waals surface area contributed by atoms with E-state index < -0.39 is 12.3 Å². The maximum absolute atomic E-state index is 12.4. The summed E-state index contributed by atoms with van der Waals surface area (Å²) >= 11 is 0. The predicted molar refractivity (Wildman–Crippen MR) is 158 cm³/mol. The number of unbranched alkanes of at least 4 members (excludes halogenated alkanes) is 14. The van der Waals surface area contributed by atoms with Gasteiger partial charge in [0.1, 0.15) is 11.5 Å². The first-order chi connectivity index (χ1) is 19.1. The minimum Gasteiger partial charge on any atom is -0.434 e. The normalized spacial score (nSPS) is 10.9. The molecule has 0 heterocycles. The van der Waals surface area contributed by atoms with Gasteiger partial charge in [0.2, 0.25) is 0 Å². The third-order valence-electron chi connectivity index (χ3n) is 6.96. The zero-order valence-corrected chi connectivity index (χ0v) is 24.6. The Balaban J connectivity index is 1.79. The van der Waals surface area contributed by atoms with Crippen LogP contribution in [0.3, 0.4) is 0 Å². The van der Waals surface area contributed by atoms with E-state index in [9.17, 15) is 9.59 Å². The van der Waals surface area contributed by atoms with E-state index in [0.717, 1.165) is 38.5 Å². The second kappa shape index (κ2) is 20.2. The molecule has 0 aliphatic rings. The van der Waals surface area contributed by atoms with Gasteiger partial charge in [-0.2, -0.15) is 0 Å². The van der Waals surface area contributed by atoms with Crippen LogP contribution in [0, 0.1) is 6.92 Å². The van der Waals surface area contributed by atoms with Crippen LogP contribution in [0.5, 0.6) is 11.5 Å². The van der Waals surface area contributed by atoms with Crippen molar-refractivity contribution in [2.24, 2.45) is 0 Å². The summed E-state index contributed by atoms with van der Waals surface area (Å²) < 4.78 is 21.8. The summed E-state index contributed by atoms with van der Waals surface area (Å²) in [6.07, 6.45) is 17.4. The van der Waals surface area contributed by atoms with Crippen LogP contribution in [-0.4, -0.2) is 25.5 Å². The second-order valence-electron chi connectivity index (χ2n) is 10.4. The molecule has 2 aromatic carbocycles. The summed E-state index contributed by atoms with van der Waals surface area (Å²) in [5.74, 6) is 0.787. The first-order valence-corrected chi connectivity index (χ1v) is 15.3. The van der Waals surface area contributed by atoms with Crippen LogP contribution in [-0.2, 0) is 9.47 Å². The van der Waals surface area contributed by atoms with E-state index in [2.05, 4.69) is 13.8 Å². The van der Waals surface area contributed by atoms with Crippen LogP contribution in [0.4, 0.5) is 9.59 Å². The number of hydrogen-bond acceptors (Lipinski definition) is 6. The number of ether oxygens (including phenoxy) is 4. The molecule has 0 atom stereocenters. The number of aryl methyl sites for hydroxylation is 1. The fourth-order valence-electron chi connectivity index (χ4n) is 4.68. The summed E-state index contributed by atoms with van der Waals surface area (Å²) in [5.41, 5.74) is 0.670. The minimum atomic E-state index is -0.721. The van der Waals surface area contributed by atoms with Gasteiger partial charge in [0, 0.05) is 10.8 Å². The van der Waals surface area contributed by atoms with Crippen molar-refractivity contribution in [1.82, 2.24) is 0 Å². The van der Waals surface area contributed by atoms with Crippen LogP contribution in [0.1, 0.15) is 122 Å². The Morgan fingerprint density at radius 1 is 0.590 bits per heavy atom. The second-order valence-corrected chi connectivity index (χ2v) is 10.4. The van der Waals surface area contributed by atoms with Gasteiger partial charge in [-0.3, -0.25) is 0 Å². The van der Waals surface area contributed by atoms with Crippen LogP contribution in [0.2, 0.25) is 0 Å². The monoisotopic (exact) mass is 542 g/mol. The molecule has 6 heteroatoms. The van der Waals surface area contributed by atoms with Gasteiger partial charge in [0.15, 0.2) is 0 Å². The molecule has 0 saturated heterocycles. The summed E-state index contributed by atoms with van der Waals surface area (Å²) in [7, 11) is 0. The Labute approximate surface area is 235 Å². The molecule has 0 N–H and O–H groups in total. The molecule has 39 heavy (non-hydrogen) atoms. The predicted octanol–water partition coefficient (Wildman–Crippen LogP) is 10.5. The van der Waals surface area contributed by atoms with Gasteiger partial charge in [-0.25, -0.2) is 9.59 Å². The topological polar surface area (TPSA) is 71.1 Å². The summed E-state index contributed by atoms with van der Waals surface area (Å²) in [5, 5.41) is 1.34. The standard InChI is InChI=1S/C33H50O6/c1-4-6-8-10-12-14-16-20-24-36-32(34)38-30-26-27(3)31(29-23-19-18-22-28(29)30)39-33(35)37-25-21-17-15-13-11-9-7-5-2/h18-19,22-23,26H,4-17,20-21,24-25H2,1-3H3. The average Bonchev–Trinajstić information content (AvgIpc) is 2.93. The van der Waals surface area contributed by atoms with Crippen LogP contribution in [0.15, 0.2) is 30.3 Å². The summed E-state index contributed by atoms with van der Waals surface area (Å²) in [4.78, 5) is 24.7. The number of fused-ring (bicyclic) bond motifs is 1. The molecule has 0 aliphatic heterocycles. The molecule has 0 unspecified atom stereocenters. The molecular formula is C33H50O6. The van der Waals surface area contributed by atoms with Gasteiger partial charge >= 0.3 is 12.3 Å². The molecule has 6 nitrogen and oxygen atoms in total. The lowest BCUT2D eigenvalue weighted by Gasteiger charge is -2.14. The Morgan fingerprint density at radius 2 is 1.03 bits per heavy atom. The molecule has 0 aromatic heterocycles. The smallest absolute Gasteiger partial charge is 0.434 e. The Morgan fingerprint density at radius 3 is 1.54 bits per heavy atom. The molecular weight excluding hydrogens is 492 g/mol. The van der Waals surface area contributed by atoms with E-state index in [1.54, 1.807) is 6.07 Å². The number of benzene rings is 2. The number of carbonyl (C=O) groups excluding carboxylic acids is 2. The van der Waals surface area contributed by atoms with Crippen molar-refractivity contribution in [3.63, 3.8) is 0 Å². The van der Waals surface area contributed by atoms with Gasteiger partial charge in [0.05, 0.1) is 13.2 Å². The molecule has 0 bridgehead atoms. The van der Waals surface area contributed by atoms with E-state index in [1.165, 1.54) is 64.2 Å². The molecule has 2 rings (SSSR count). The molecule has 0 spiro atoms. The first kappa shape index (κ1) is 32.5. The number of rotatable bonds is 20. The number of hydrogen-bond donors (Lipinski definition) is 0. The third-order valence-corrected chi connectivity index (χ3v) is 6.96. The van der Waals surface area contributed by atoms with E-state index in [-0.39, 0.29) is 0 Å². The maximum atomic E-state index is 12.4. The lowest BCUT2D eigenvalue weighted by molar-refractivity contribution is 0.0956. The zero-order chi connectivity index (χ0) is 28.1. The molecule has 0 amide bonds. The molecule has 218 valence electrons. The maximum Gasteiger partial charge on any atom is 0.513 e. The fourth-order valence-corrected chi connectivity index (χ4v) is 4.68. The first-order valence-electron chi connectivity index (χ1n) is 15.3. The quantitative estimate of drug-likeness (QED) is 0.0941. The molecule has 2 aromatic rings. The zero-order valence-electron chi connectivity index (χ0n) is 24.6. The van der Waals surface area contributed by atoms with E-state index in [0.29, 0.717) is 41.0 Å². The molecule has 0 fully saturated rings. The van der Waals surface area contributed by atoms with Crippen molar-refractivity contribution < 1.29 is 28.5 Å². The van der Waals surface area contributed by atoms with Crippen LogP contribution < -0.4 is 9.47 Å². The van der Waals surface area contributed by atoms with Crippen molar-refractivity contribution in [2.75, 3.05) is 13.2 Å². The SMILES string of the molecule is CCCCCCCCCCOC(=O)Oc1cc(C)c(OC(=O)OCCCCCCCCCC)c2ccccc12. The highest BCUT2D eigenvalue weighted by atomic mass is 16.7. The fraction of sp³-hybridized carbons (Fsp3) is 0.636. The van der Waals surface area contributed by atoms with Gasteiger partial charge in [-0.05, 0) is 31.4 Å². The Kier molecular flexibility index (Phi) is 16.8. The third kappa shape index (κ3) is 13.2. The lowest BCUT2D eigenvalue weighted by Crippen LogP contribution is -2.14. The summed E-state index contributed by atoms with van der Waals surface area (Å²) in [6.45, 7) is 6.94. The Bertz CT molecular complexity index is 970. The van der Waals surface area contributed by atoms with Gasteiger partial charge in [0.25, 0.3) is 0 Å². The van der Waals surface area contributed by atoms with Gasteiger partial charge < -0.3 is 18.9 Å². The van der Waals surface area contributed by atoms with E-state index >= 15 is 0 Å². The van der Waals surface area contributed by atoms with Crippen LogP contribution >= 0.6 is 0 Å². The van der Waals surface area contributed by atoms with Crippen molar-refractivity contribution >= 4 is 23.1 Å². The molecule has 0 radical (unpaired) electrons. The lowest BCUT2D eigenvalue weighted by atomic mass is 10.0. The number of carbonyl (C=O) groups is 2. The Hall–Kier alpha value is -2.76. The van der Waals surface area contributed by atoms with Crippen molar-refractivity contribution in [3.8, 4) is 11.5 Å². The van der Waals surface area contributed by atoms with Crippen molar-refractivity contribution in [3.05, 3.63) is 35.9 Å². The van der Waals surface area contributed by atoms with E-state index in [1.807, 2.05) is 31.2 Å². The minimum absolute atomic E-state index is 0.344.